The van der Waals surface area contributed by atoms with E-state index in [0.717, 1.165) is 44.2 Å². The predicted octanol–water partition coefficient (Wildman–Crippen LogP) is 2.70. The molecule has 1 fully saturated rings. The zero-order valence-electron chi connectivity index (χ0n) is 16.1. The molecule has 29 heavy (non-hydrogen) atoms. The van der Waals surface area contributed by atoms with Crippen molar-refractivity contribution in [1.29, 1.82) is 0 Å². The molecule has 0 aromatic heterocycles. The van der Waals surface area contributed by atoms with Crippen molar-refractivity contribution < 1.29 is 19.0 Å². The summed E-state index contributed by atoms with van der Waals surface area (Å²) in [6.45, 7) is 5.64. The Morgan fingerprint density at radius 1 is 1.00 bits per heavy atom. The highest BCUT2D eigenvalue weighted by atomic mass is 35.5. The van der Waals surface area contributed by atoms with Crippen molar-refractivity contribution in [2.24, 2.45) is 0 Å². The number of halogens is 1. The topological polar surface area (TPSA) is 63.3 Å². The van der Waals surface area contributed by atoms with Crippen molar-refractivity contribution in [2.45, 2.75) is 0 Å². The SMILES string of the molecule is O=C(CN1CCN(CCOc2ccc(Cl)cc2)CC1)Nc1ccc2c(c1)OCO2. The van der Waals surface area contributed by atoms with E-state index in [9.17, 15) is 4.79 Å². The molecule has 7 nitrogen and oxygen atoms in total. The van der Waals surface area contributed by atoms with Gasteiger partial charge in [-0.15, -0.1) is 0 Å². The van der Waals surface area contributed by atoms with Crippen molar-refractivity contribution >= 4 is 23.2 Å². The molecule has 2 aliphatic heterocycles. The second-order valence-electron chi connectivity index (χ2n) is 7.04. The molecule has 0 radical (unpaired) electrons. The first-order valence-corrected chi connectivity index (χ1v) is 10.1. The summed E-state index contributed by atoms with van der Waals surface area (Å²) in [5, 5.41) is 3.63. The standard InChI is InChI=1S/C21H24ClN3O4/c22-16-1-4-18(5-2-16)27-12-11-24-7-9-25(10-8-24)14-21(26)23-17-3-6-19-20(13-17)29-15-28-19/h1-6,13H,7-12,14-15H2,(H,23,26). The number of piperazine rings is 1. The number of amides is 1. The van der Waals surface area contributed by atoms with E-state index < -0.39 is 0 Å². The monoisotopic (exact) mass is 417 g/mol. The van der Waals surface area contributed by atoms with Gasteiger partial charge < -0.3 is 19.5 Å². The summed E-state index contributed by atoms with van der Waals surface area (Å²) in [4.78, 5) is 16.9. The molecule has 2 heterocycles. The summed E-state index contributed by atoms with van der Waals surface area (Å²) < 4.78 is 16.4. The molecule has 154 valence electrons. The molecule has 2 aromatic rings. The summed E-state index contributed by atoms with van der Waals surface area (Å²) in [6, 6.07) is 12.8. The molecule has 1 N–H and O–H groups in total. The zero-order valence-corrected chi connectivity index (χ0v) is 16.9. The second kappa shape index (κ2) is 9.35. The molecule has 0 spiro atoms. The van der Waals surface area contributed by atoms with Crippen LogP contribution in [0.4, 0.5) is 5.69 Å². The van der Waals surface area contributed by atoms with Gasteiger partial charge in [-0.25, -0.2) is 0 Å². The van der Waals surface area contributed by atoms with Crippen LogP contribution in [0.1, 0.15) is 0 Å². The molecule has 1 saturated heterocycles. The summed E-state index contributed by atoms with van der Waals surface area (Å²) in [5.74, 6) is 2.17. The average Bonchev–Trinajstić information content (AvgIpc) is 3.19. The van der Waals surface area contributed by atoms with Gasteiger partial charge in [0, 0.05) is 49.5 Å². The van der Waals surface area contributed by atoms with Crippen molar-refractivity contribution in [3.8, 4) is 17.2 Å². The van der Waals surface area contributed by atoms with Crippen LogP contribution in [0.15, 0.2) is 42.5 Å². The maximum absolute atomic E-state index is 12.3. The molecule has 2 aromatic carbocycles. The Hall–Kier alpha value is -2.48. The Morgan fingerprint density at radius 3 is 2.52 bits per heavy atom. The molecule has 0 saturated carbocycles. The van der Waals surface area contributed by atoms with Gasteiger partial charge in [0.05, 0.1) is 6.54 Å². The van der Waals surface area contributed by atoms with Gasteiger partial charge >= 0.3 is 0 Å². The lowest BCUT2D eigenvalue weighted by atomic mass is 10.2. The van der Waals surface area contributed by atoms with Crippen LogP contribution in [-0.2, 0) is 4.79 Å². The third-order valence-electron chi connectivity index (χ3n) is 4.98. The van der Waals surface area contributed by atoms with E-state index in [-0.39, 0.29) is 12.7 Å². The minimum absolute atomic E-state index is 0.0246. The van der Waals surface area contributed by atoms with Gasteiger partial charge in [-0.3, -0.25) is 14.6 Å². The Kier molecular flexibility index (Phi) is 6.39. The van der Waals surface area contributed by atoms with Gasteiger partial charge in [-0.2, -0.15) is 0 Å². The fourth-order valence-corrected chi connectivity index (χ4v) is 3.50. The Bertz CT molecular complexity index is 838. The molecule has 1 amide bonds. The maximum Gasteiger partial charge on any atom is 0.238 e. The molecule has 4 rings (SSSR count). The van der Waals surface area contributed by atoms with Gasteiger partial charge in [-0.1, -0.05) is 11.6 Å². The number of nitrogens with one attached hydrogen (secondary N) is 1. The van der Waals surface area contributed by atoms with Crippen molar-refractivity contribution in [3.05, 3.63) is 47.5 Å². The molecular formula is C21H24ClN3O4. The van der Waals surface area contributed by atoms with E-state index in [2.05, 4.69) is 15.1 Å². The van der Waals surface area contributed by atoms with Crippen LogP contribution in [0.25, 0.3) is 0 Å². The Morgan fingerprint density at radius 2 is 1.72 bits per heavy atom. The number of ether oxygens (including phenoxy) is 3. The number of hydrogen-bond acceptors (Lipinski definition) is 6. The smallest absolute Gasteiger partial charge is 0.238 e. The van der Waals surface area contributed by atoms with Crippen LogP contribution in [0.5, 0.6) is 17.2 Å². The highest BCUT2D eigenvalue weighted by molar-refractivity contribution is 6.30. The van der Waals surface area contributed by atoms with Gasteiger partial charge in [-0.05, 0) is 36.4 Å². The number of benzene rings is 2. The van der Waals surface area contributed by atoms with E-state index in [1.165, 1.54) is 0 Å². The Balaban J connectivity index is 1.15. The van der Waals surface area contributed by atoms with E-state index in [1.807, 2.05) is 36.4 Å². The summed E-state index contributed by atoms with van der Waals surface area (Å²) in [7, 11) is 0. The highest BCUT2D eigenvalue weighted by Crippen LogP contribution is 2.34. The number of rotatable bonds is 7. The minimum atomic E-state index is -0.0246. The van der Waals surface area contributed by atoms with Gasteiger partial charge in [0.2, 0.25) is 12.7 Å². The normalized spacial score (nSPS) is 16.6. The summed E-state index contributed by atoms with van der Waals surface area (Å²) in [6.07, 6.45) is 0. The molecule has 2 aliphatic rings. The van der Waals surface area contributed by atoms with Gasteiger partial charge in [0.25, 0.3) is 0 Å². The lowest BCUT2D eigenvalue weighted by molar-refractivity contribution is -0.117. The van der Waals surface area contributed by atoms with Gasteiger partial charge in [0.1, 0.15) is 12.4 Å². The first-order chi connectivity index (χ1) is 14.2. The van der Waals surface area contributed by atoms with Crippen LogP contribution in [-0.4, -0.2) is 68.4 Å². The number of carbonyl (C=O) groups excluding carboxylic acids is 1. The van der Waals surface area contributed by atoms with E-state index >= 15 is 0 Å². The molecule has 8 heteroatoms. The summed E-state index contributed by atoms with van der Waals surface area (Å²) >= 11 is 5.88. The van der Waals surface area contributed by atoms with Crippen LogP contribution < -0.4 is 19.5 Å². The van der Waals surface area contributed by atoms with E-state index in [0.29, 0.717) is 29.7 Å². The van der Waals surface area contributed by atoms with E-state index in [4.69, 9.17) is 25.8 Å². The number of fused-ring (bicyclic) bond motifs is 1. The average molecular weight is 418 g/mol. The highest BCUT2D eigenvalue weighted by Gasteiger charge is 2.19. The predicted molar refractivity (Wildman–Crippen MR) is 111 cm³/mol. The summed E-state index contributed by atoms with van der Waals surface area (Å²) in [5.41, 5.74) is 0.720. The van der Waals surface area contributed by atoms with Crippen LogP contribution >= 0.6 is 11.6 Å². The van der Waals surface area contributed by atoms with Crippen LogP contribution in [0.2, 0.25) is 5.02 Å². The molecule has 0 atom stereocenters. The third kappa shape index (κ3) is 5.53. The lowest BCUT2D eigenvalue weighted by Crippen LogP contribution is -2.49. The molecule has 0 unspecified atom stereocenters. The Labute approximate surface area is 175 Å². The quantitative estimate of drug-likeness (QED) is 0.747. The maximum atomic E-state index is 12.3. The van der Waals surface area contributed by atoms with Crippen molar-refractivity contribution in [2.75, 3.05) is 58.0 Å². The minimum Gasteiger partial charge on any atom is -0.492 e. The number of anilines is 1. The van der Waals surface area contributed by atoms with Crippen molar-refractivity contribution in [3.63, 3.8) is 0 Å². The second-order valence-corrected chi connectivity index (χ2v) is 7.47. The van der Waals surface area contributed by atoms with Gasteiger partial charge in [0.15, 0.2) is 11.5 Å². The number of carbonyl (C=O) groups is 1. The fraction of sp³-hybridized carbons (Fsp3) is 0.381. The van der Waals surface area contributed by atoms with E-state index in [1.54, 1.807) is 6.07 Å². The number of nitrogens with zero attached hydrogens (tertiary/aromatic N) is 2. The third-order valence-corrected chi connectivity index (χ3v) is 5.23. The van der Waals surface area contributed by atoms with Crippen LogP contribution in [0, 0.1) is 0 Å². The zero-order chi connectivity index (χ0) is 20.1. The largest absolute Gasteiger partial charge is 0.492 e. The molecule has 0 aliphatic carbocycles. The first-order valence-electron chi connectivity index (χ1n) is 9.68. The molecular weight excluding hydrogens is 394 g/mol. The van der Waals surface area contributed by atoms with Crippen LogP contribution in [0.3, 0.4) is 0 Å². The number of hydrogen-bond donors (Lipinski definition) is 1. The molecule has 0 bridgehead atoms. The van der Waals surface area contributed by atoms with Crippen molar-refractivity contribution in [1.82, 2.24) is 9.80 Å². The fourth-order valence-electron chi connectivity index (χ4n) is 3.37. The first kappa shape index (κ1) is 19.8. The lowest BCUT2D eigenvalue weighted by Gasteiger charge is -2.34.